The van der Waals surface area contributed by atoms with Gasteiger partial charge in [-0.25, -0.2) is 0 Å². The number of anilines is 1. The van der Waals surface area contributed by atoms with Crippen LogP contribution >= 0.6 is 0 Å². The van der Waals surface area contributed by atoms with Crippen molar-refractivity contribution in [2.75, 3.05) is 4.90 Å². The lowest BCUT2D eigenvalue weighted by molar-refractivity contribution is -0.384. The summed E-state index contributed by atoms with van der Waals surface area (Å²) in [5.41, 5.74) is 10.0. The number of carbonyl (C=O) groups is 1. The Bertz CT molecular complexity index is 1250. The second-order valence-electron chi connectivity index (χ2n) is 9.17. The maximum atomic E-state index is 13.5. The molecule has 2 aliphatic rings. The van der Waals surface area contributed by atoms with Crippen molar-refractivity contribution in [2.24, 2.45) is 11.1 Å². The second kappa shape index (κ2) is 7.65. The average Bonchev–Trinajstić information content (AvgIpc) is 2.72. The number of carbonyl (C=O) groups excluding carboxylic acids is 1. The molecule has 0 unspecified atom stereocenters. The Morgan fingerprint density at radius 1 is 1.19 bits per heavy atom. The molecule has 7 nitrogen and oxygen atoms in total. The van der Waals surface area contributed by atoms with Crippen LogP contribution in [-0.2, 0) is 4.79 Å². The summed E-state index contributed by atoms with van der Waals surface area (Å²) in [7, 11) is 0. The van der Waals surface area contributed by atoms with Crippen LogP contribution in [0, 0.1) is 33.8 Å². The summed E-state index contributed by atoms with van der Waals surface area (Å²) in [4.78, 5) is 26.2. The van der Waals surface area contributed by atoms with Gasteiger partial charge in [0.2, 0.25) is 0 Å². The normalized spacial score (nSPS) is 20.1. The van der Waals surface area contributed by atoms with Crippen LogP contribution in [0.25, 0.3) is 0 Å². The number of nitrogens with two attached hydrogens (primary N) is 1. The molecule has 0 spiro atoms. The lowest BCUT2D eigenvalue weighted by atomic mass is 9.68. The molecule has 1 heterocycles. The minimum atomic E-state index is -0.737. The molecule has 0 radical (unpaired) electrons. The van der Waals surface area contributed by atoms with Gasteiger partial charge in [-0.1, -0.05) is 38.1 Å². The zero-order valence-electron chi connectivity index (χ0n) is 18.3. The molecule has 0 bridgehead atoms. The number of hydrogen-bond acceptors (Lipinski definition) is 6. The van der Waals surface area contributed by atoms with Crippen LogP contribution in [0.4, 0.5) is 11.4 Å². The van der Waals surface area contributed by atoms with E-state index in [9.17, 15) is 20.2 Å². The second-order valence-corrected chi connectivity index (χ2v) is 9.17. The predicted octanol–water partition coefficient (Wildman–Crippen LogP) is 4.84. The fourth-order valence-electron chi connectivity index (χ4n) is 4.72. The molecule has 1 aliphatic heterocycles. The molecule has 162 valence electrons. The van der Waals surface area contributed by atoms with E-state index in [0.717, 1.165) is 16.9 Å². The van der Waals surface area contributed by atoms with Crippen molar-refractivity contribution in [3.8, 4) is 6.07 Å². The quantitative estimate of drug-likeness (QED) is 0.552. The van der Waals surface area contributed by atoms with Gasteiger partial charge < -0.3 is 5.73 Å². The third-order valence-corrected chi connectivity index (χ3v) is 6.06. The molecule has 0 aromatic heterocycles. The lowest BCUT2D eigenvalue weighted by Gasteiger charge is -2.43. The van der Waals surface area contributed by atoms with Crippen LogP contribution in [0.1, 0.15) is 43.7 Å². The number of nitriles is 1. The maximum Gasteiger partial charge on any atom is 0.269 e. The highest BCUT2D eigenvalue weighted by molar-refractivity contribution is 6.01. The van der Waals surface area contributed by atoms with Crippen LogP contribution in [0.3, 0.4) is 0 Å². The summed E-state index contributed by atoms with van der Waals surface area (Å²) < 4.78 is 0. The van der Waals surface area contributed by atoms with Gasteiger partial charge in [-0.05, 0) is 42.0 Å². The van der Waals surface area contributed by atoms with Gasteiger partial charge in [-0.3, -0.25) is 19.8 Å². The molecular formula is C25H24N4O3. The van der Waals surface area contributed by atoms with E-state index in [-0.39, 0.29) is 28.3 Å². The Morgan fingerprint density at radius 2 is 1.91 bits per heavy atom. The minimum Gasteiger partial charge on any atom is -0.384 e. The van der Waals surface area contributed by atoms with E-state index in [0.29, 0.717) is 24.0 Å². The summed E-state index contributed by atoms with van der Waals surface area (Å²) in [6.45, 7) is 6.03. The number of Topliss-reactive ketones (excluding diaryl/α,β-unsaturated/α-hetero) is 1. The molecule has 2 N–H and O–H groups in total. The number of rotatable bonds is 3. The van der Waals surface area contributed by atoms with Crippen LogP contribution in [0.2, 0.25) is 0 Å². The van der Waals surface area contributed by atoms with Gasteiger partial charge in [0, 0.05) is 35.5 Å². The summed E-state index contributed by atoms with van der Waals surface area (Å²) >= 11 is 0. The Balaban J connectivity index is 2.01. The molecule has 7 heteroatoms. The van der Waals surface area contributed by atoms with E-state index in [2.05, 4.69) is 6.07 Å². The van der Waals surface area contributed by atoms with Crippen molar-refractivity contribution in [1.29, 1.82) is 5.26 Å². The molecule has 1 aliphatic carbocycles. The number of hydrogen-bond donors (Lipinski definition) is 1. The summed E-state index contributed by atoms with van der Waals surface area (Å²) in [6.07, 6.45) is 0.921. The fraction of sp³-hybridized carbons (Fsp3) is 0.280. The van der Waals surface area contributed by atoms with Crippen molar-refractivity contribution in [3.63, 3.8) is 0 Å². The zero-order valence-corrected chi connectivity index (χ0v) is 18.3. The third-order valence-electron chi connectivity index (χ3n) is 6.06. The summed E-state index contributed by atoms with van der Waals surface area (Å²) in [5, 5.41) is 21.5. The monoisotopic (exact) mass is 428 g/mol. The largest absolute Gasteiger partial charge is 0.384 e. The molecule has 0 saturated heterocycles. The lowest BCUT2D eigenvalue weighted by Crippen LogP contribution is -2.42. The molecule has 0 amide bonds. The van der Waals surface area contributed by atoms with Crippen LogP contribution in [-0.4, -0.2) is 10.7 Å². The Morgan fingerprint density at radius 3 is 2.56 bits per heavy atom. The van der Waals surface area contributed by atoms with Crippen LogP contribution < -0.4 is 10.6 Å². The van der Waals surface area contributed by atoms with Gasteiger partial charge in [0.05, 0.1) is 22.5 Å². The maximum absolute atomic E-state index is 13.5. The summed E-state index contributed by atoms with van der Waals surface area (Å²) in [5.74, 6) is -0.552. The van der Waals surface area contributed by atoms with E-state index in [1.807, 2.05) is 49.9 Å². The fourth-order valence-corrected chi connectivity index (χ4v) is 4.72. The average molecular weight is 428 g/mol. The molecule has 32 heavy (non-hydrogen) atoms. The molecular weight excluding hydrogens is 404 g/mol. The van der Waals surface area contributed by atoms with Crippen LogP contribution in [0.5, 0.6) is 0 Å². The van der Waals surface area contributed by atoms with E-state index in [4.69, 9.17) is 5.73 Å². The van der Waals surface area contributed by atoms with Gasteiger partial charge >= 0.3 is 0 Å². The predicted molar refractivity (Wildman–Crippen MR) is 121 cm³/mol. The van der Waals surface area contributed by atoms with E-state index in [1.165, 1.54) is 12.1 Å². The van der Waals surface area contributed by atoms with Crippen molar-refractivity contribution >= 4 is 17.2 Å². The van der Waals surface area contributed by atoms with Gasteiger partial charge in [-0.15, -0.1) is 0 Å². The van der Waals surface area contributed by atoms with Gasteiger partial charge in [0.1, 0.15) is 5.82 Å². The number of allylic oxidation sites excluding steroid dienone is 3. The highest BCUT2D eigenvalue weighted by Crippen LogP contribution is 2.50. The van der Waals surface area contributed by atoms with Crippen molar-refractivity contribution in [1.82, 2.24) is 0 Å². The molecule has 2 aromatic carbocycles. The Labute approximate surface area is 186 Å². The number of nitro benzene ring substituents is 1. The zero-order chi connectivity index (χ0) is 23.2. The molecule has 4 rings (SSSR count). The Hall–Kier alpha value is -3.92. The highest BCUT2D eigenvalue weighted by atomic mass is 16.6. The smallest absolute Gasteiger partial charge is 0.269 e. The topological polar surface area (TPSA) is 113 Å². The van der Waals surface area contributed by atoms with E-state index in [1.54, 1.807) is 12.1 Å². The first-order valence-corrected chi connectivity index (χ1v) is 10.4. The molecule has 0 saturated carbocycles. The first-order chi connectivity index (χ1) is 15.1. The summed E-state index contributed by atoms with van der Waals surface area (Å²) in [6, 6.07) is 16.0. The van der Waals surface area contributed by atoms with E-state index >= 15 is 0 Å². The number of nitrogens with zero attached hydrogens (tertiary/aromatic N) is 3. The molecule has 0 fully saturated rings. The van der Waals surface area contributed by atoms with Gasteiger partial charge in [0.25, 0.3) is 5.69 Å². The first-order valence-electron chi connectivity index (χ1n) is 10.4. The van der Waals surface area contributed by atoms with E-state index < -0.39 is 10.8 Å². The first kappa shape index (κ1) is 21.3. The highest BCUT2D eigenvalue weighted by Gasteiger charge is 2.44. The minimum absolute atomic E-state index is 0.0642. The van der Waals surface area contributed by atoms with Crippen molar-refractivity contribution in [3.05, 3.63) is 92.4 Å². The number of ketones is 1. The van der Waals surface area contributed by atoms with Gasteiger partial charge in [0.15, 0.2) is 5.78 Å². The van der Waals surface area contributed by atoms with Gasteiger partial charge in [-0.2, -0.15) is 5.26 Å². The third kappa shape index (κ3) is 3.54. The number of benzene rings is 2. The molecule has 1 atom stereocenters. The SMILES string of the molecule is Cc1cccc(N2C(N)=C(C#N)[C@@H](c3cccc([N+](=O)[O-])c3)C3=C2CC(C)(C)CC3=O)c1. The van der Waals surface area contributed by atoms with Crippen LogP contribution in [0.15, 0.2) is 71.2 Å². The van der Waals surface area contributed by atoms with Crippen molar-refractivity contribution < 1.29 is 9.72 Å². The number of nitro groups is 1. The molecule has 2 aromatic rings. The van der Waals surface area contributed by atoms with Crippen molar-refractivity contribution in [2.45, 2.75) is 39.5 Å². The number of aryl methyl sites for hydroxylation is 1. The number of non-ortho nitro benzene ring substituents is 1. The Kier molecular flexibility index (Phi) is 5.09. The standard InChI is InChI=1S/C25H24N4O3/c1-15-6-4-8-17(10-15)28-20-12-25(2,3)13-21(30)23(20)22(19(14-26)24(28)27)16-7-5-9-18(11-16)29(31)32/h4-11,22H,12-13,27H2,1-3H3/t22-/m1/s1.